The third kappa shape index (κ3) is 3.70. The van der Waals surface area contributed by atoms with Crippen molar-refractivity contribution < 1.29 is 9.47 Å². The number of likely N-dealkylation sites (N-methyl/N-ethyl adjacent to an activating group) is 1. The van der Waals surface area contributed by atoms with Gasteiger partial charge < -0.3 is 15.2 Å². The molecule has 2 atom stereocenters. The first-order valence-electron chi connectivity index (χ1n) is 6.14. The van der Waals surface area contributed by atoms with Crippen molar-refractivity contribution in [2.24, 2.45) is 5.73 Å². The second kappa shape index (κ2) is 6.55. The maximum absolute atomic E-state index is 5.84. The number of methoxy groups -OCH3 is 1. The van der Waals surface area contributed by atoms with Gasteiger partial charge in [0.05, 0.1) is 18.2 Å². The number of rotatable bonds is 6. The summed E-state index contributed by atoms with van der Waals surface area (Å²) in [5.74, 6) is 0. The van der Waals surface area contributed by atoms with Crippen LogP contribution >= 0.6 is 0 Å². The van der Waals surface area contributed by atoms with Crippen LogP contribution in [-0.2, 0) is 9.47 Å². The molecule has 4 nitrogen and oxygen atoms in total. The summed E-state index contributed by atoms with van der Waals surface area (Å²) >= 11 is 0. The van der Waals surface area contributed by atoms with E-state index in [0.717, 1.165) is 19.6 Å². The molecule has 4 heteroatoms. The highest BCUT2D eigenvalue weighted by molar-refractivity contribution is 4.87. The molecule has 0 radical (unpaired) electrons. The van der Waals surface area contributed by atoms with E-state index in [-0.39, 0.29) is 5.54 Å². The van der Waals surface area contributed by atoms with Gasteiger partial charge in [-0.15, -0.1) is 0 Å². The van der Waals surface area contributed by atoms with Crippen LogP contribution in [0.5, 0.6) is 0 Å². The number of nitrogens with zero attached hydrogens (tertiary/aromatic N) is 1. The summed E-state index contributed by atoms with van der Waals surface area (Å²) in [7, 11) is 3.82. The monoisotopic (exact) mass is 230 g/mol. The average Bonchev–Trinajstić information content (AvgIpc) is 2.30. The molecule has 0 aromatic rings. The lowest BCUT2D eigenvalue weighted by molar-refractivity contribution is -0.0338. The van der Waals surface area contributed by atoms with Crippen molar-refractivity contribution in [1.82, 2.24) is 4.90 Å². The molecule has 0 bridgehead atoms. The first-order valence-corrected chi connectivity index (χ1v) is 6.14. The van der Waals surface area contributed by atoms with Crippen LogP contribution in [0, 0.1) is 0 Å². The van der Waals surface area contributed by atoms with Gasteiger partial charge in [-0.05, 0) is 33.2 Å². The zero-order valence-corrected chi connectivity index (χ0v) is 10.9. The van der Waals surface area contributed by atoms with Crippen LogP contribution in [0.25, 0.3) is 0 Å². The molecule has 1 rings (SSSR count). The minimum atomic E-state index is -0.0877. The zero-order chi connectivity index (χ0) is 12.0. The molecule has 2 unspecified atom stereocenters. The lowest BCUT2D eigenvalue weighted by Gasteiger charge is -2.39. The van der Waals surface area contributed by atoms with Gasteiger partial charge >= 0.3 is 0 Å². The number of ether oxygens (including phenoxy) is 2. The van der Waals surface area contributed by atoms with Crippen LogP contribution in [0.2, 0.25) is 0 Å². The summed E-state index contributed by atoms with van der Waals surface area (Å²) in [6.45, 7) is 5.25. The molecule has 1 aliphatic rings. The highest BCUT2D eigenvalue weighted by Gasteiger charge is 2.30. The van der Waals surface area contributed by atoms with E-state index < -0.39 is 0 Å². The van der Waals surface area contributed by atoms with Gasteiger partial charge in [0.25, 0.3) is 0 Å². The van der Waals surface area contributed by atoms with Gasteiger partial charge in [-0.25, -0.2) is 0 Å². The molecule has 0 spiro atoms. The third-order valence-electron chi connectivity index (χ3n) is 3.57. The van der Waals surface area contributed by atoms with E-state index in [4.69, 9.17) is 15.2 Å². The fraction of sp³-hybridized carbons (Fsp3) is 1.00. The molecule has 1 heterocycles. The van der Waals surface area contributed by atoms with Crippen molar-refractivity contribution in [3.63, 3.8) is 0 Å². The molecule has 16 heavy (non-hydrogen) atoms. The Bertz CT molecular complexity index is 195. The Hall–Kier alpha value is -0.160. The van der Waals surface area contributed by atoms with Crippen LogP contribution in [-0.4, -0.2) is 57.0 Å². The van der Waals surface area contributed by atoms with E-state index in [2.05, 4.69) is 18.9 Å². The molecule has 0 aromatic heterocycles. The van der Waals surface area contributed by atoms with Gasteiger partial charge in [0.15, 0.2) is 0 Å². The molecular formula is C12H26N2O2. The molecule has 0 amide bonds. The Morgan fingerprint density at radius 1 is 1.50 bits per heavy atom. The fourth-order valence-electron chi connectivity index (χ4n) is 2.11. The van der Waals surface area contributed by atoms with Crippen LogP contribution in [0.15, 0.2) is 0 Å². The van der Waals surface area contributed by atoms with Crippen molar-refractivity contribution >= 4 is 0 Å². The topological polar surface area (TPSA) is 47.7 Å². The lowest BCUT2D eigenvalue weighted by atomic mass is 10.00. The Balaban J connectivity index is 2.44. The fourth-order valence-corrected chi connectivity index (χ4v) is 2.11. The van der Waals surface area contributed by atoms with Gasteiger partial charge in [-0.2, -0.15) is 0 Å². The second-order valence-electron chi connectivity index (χ2n) is 5.00. The summed E-state index contributed by atoms with van der Waals surface area (Å²) in [5.41, 5.74) is 5.75. The van der Waals surface area contributed by atoms with Crippen LogP contribution in [0.3, 0.4) is 0 Å². The molecular weight excluding hydrogens is 204 g/mol. The largest absolute Gasteiger partial charge is 0.383 e. The SMILES string of the molecule is COCC(C)(CN)N(C)CC1CCCCO1. The Morgan fingerprint density at radius 2 is 2.25 bits per heavy atom. The van der Waals surface area contributed by atoms with E-state index in [1.54, 1.807) is 7.11 Å². The van der Waals surface area contributed by atoms with Gasteiger partial charge in [-0.3, -0.25) is 4.90 Å². The van der Waals surface area contributed by atoms with Crippen LogP contribution in [0.4, 0.5) is 0 Å². The Morgan fingerprint density at radius 3 is 2.75 bits per heavy atom. The molecule has 0 saturated carbocycles. The summed E-state index contributed by atoms with van der Waals surface area (Å²) in [6, 6.07) is 0. The maximum atomic E-state index is 5.84. The van der Waals surface area contributed by atoms with Gasteiger partial charge in [0.1, 0.15) is 0 Å². The normalized spacial score (nSPS) is 25.7. The standard InChI is InChI=1S/C12H26N2O2/c1-12(9-13,10-15-3)14(2)8-11-6-4-5-7-16-11/h11H,4-10,13H2,1-3H3. The van der Waals surface area contributed by atoms with E-state index in [0.29, 0.717) is 19.3 Å². The second-order valence-corrected chi connectivity index (χ2v) is 5.00. The zero-order valence-electron chi connectivity index (χ0n) is 10.9. The summed E-state index contributed by atoms with van der Waals surface area (Å²) in [6.07, 6.45) is 4.01. The van der Waals surface area contributed by atoms with Crippen molar-refractivity contribution in [2.45, 2.75) is 37.8 Å². The van der Waals surface area contributed by atoms with Crippen molar-refractivity contribution in [1.29, 1.82) is 0 Å². The van der Waals surface area contributed by atoms with Gasteiger partial charge in [0, 0.05) is 26.8 Å². The van der Waals surface area contributed by atoms with Gasteiger partial charge in [0.2, 0.25) is 0 Å². The summed E-state index contributed by atoms with van der Waals surface area (Å²) < 4.78 is 11.0. The summed E-state index contributed by atoms with van der Waals surface area (Å²) in [4.78, 5) is 2.27. The van der Waals surface area contributed by atoms with Crippen LogP contribution in [0.1, 0.15) is 26.2 Å². The molecule has 0 aliphatic carbocycles. The highest BCUT2D eigenvalue weighted by atomic mass is 16.5. The van der Waals surface area contributed by atoms with E-state index in [1.165, 1.54) is 12.8 Å². The number of nitrogens with two attached hydrogens (primary N) is 1. The van der Waals surface area contributed by atoms with Crippen molar-refractivity contribution in [3.8, 4) is 0 Å². The third-order valence-corrected chi connectivity index (χ3v) is 3.57. The number of hydrogen-bond donors (Lipinski definition) is 1. The smallest absolute Gasteiger partial charge is 0.0702 e. The highest BCUT2D eigenvalue weighted by Crippen LogP contribution is 2.18. The quantitative estimate of drug-likeness (QED) is 0.735. The molecule has 1 saturated heterocycles. The number of hydrogen-bond acceptors (Lipinski definition) is 4. The minimum absolute atomic E-state index is 0.0877. The molecule has 2 N–H and O–H groups in total. The predicted octanol–water partition coefficient (Wildman–Crippen LogP) is 0.851. The molecule has 1 aliphatic heterocycles. The summed E-state index contributed by atoms with van der Waals surface area (Å²) in [5, 5.41) is 0. The van der Waals surface area contributed by atoms with Crippen LogP contribution < -0.4 is 5.73 Å². The molecule has 1 fully saturated rings. The van der Waals surface area contributed by atoms with E-state index in [1.807, 2.05) is 0 Å². The molecule has 0 aromatic carbocycles. The lowest BCUT2D eigenvalue weighted by Crippen LogP contribution is -2.55. The maximum Gasteiger partial charge on any atom is 0.0702 e. The Labute approximate surface area is 99.1 Å². The minimum Gasteiger partial charge on any atom is -0.383 e. The van der Waals surface area contributed by atoms with Gasteiger partial charge in [-0.1, -0.05) is 0 Å². The predicted molar refractivity (Wildman–Crippen MR) is 65.6 cm³/mol. The van der Waals surface area contributed by atoms with Crippen molar-refractivity contribution in [2.75, 3.05) is 40.5 Å². The first kappa shape index (κ1) is 13.9. The average molecular weight is 230 g/mol. The Kier molecular flexibility index (Phi) is 5.69. The van der Waals surface area contributed by atoms with E-state index in [9.17, 15) is 0 Å². The van der Waals surface area contributed by atoms with Crippen molar-refractivity contribution in [3.05, 3.63) is 0 Å². The van der Waals surface area contributed by atoms with E-state index >= 15 is 0 Å². The first-order chi connectivity index (χ1) is 7.62. The molecule has 96 valence electrons.